The Morgan fingerprint density at radius 2 is 2.45 bits per heavy atom. The topological polar surface area (TPSA) is 53.0 Å². The lowest BCUT2D eigenvalue weighted by molar-refractivity contribution is -0.307. The van der Waals surface area contributed by atoms with Crippen LogP contribution >= 0.6 is 0 Å². The third-order valence-electron chi connectivity index (χ3n) is 1.54. The largest absolute Gasteiger partial charge is 0.550 e. The highest BCUT2D eigenvalue weighted by molar-refractivity contribution is 5.73. The summed E-state index contributed by atoms with van der Waals surface area (Å²) in [6, 6.07) is 3.42. The summed E-state index contributed by atoms with van der Waals surface area (Å²) in [5.41, 5.74) is 0.674. The number of carboxylic acids is 1. The van der Waals surface area contributed by atoms with Crippen molar-refractivity contribution in [1.82, 2.24) is 4.98 Å². The molecule has 0 aromatic carbocycles. The van der Waals surface area contributed by atoms with Crippen molar-refractivity contribution in [3.05, 3.63) is 30.1 Å². The Morgan fingerprint density at radius 1 is 1.73 bits per heavy atom. The van der Waals surface area contributed by atoms with E-state index in [0.29, 0.717) is 5.56 Å². The minimum absolute atomic E-state index is 0.580. The number of rotatable bonds is 2. The highest BCUT2D eigenvalue weighted by Gasteiger charge is 2.04. The van der Waals surface area contributed by atoms with E-state index in [9.17, 15) is 9.90 Å². The molecule has 0 fully saturated rings. The van der Waals surface area contributed by atoms with Gasteiger partial charge in [0.05, 0.1) is 0 Å². The summed E-state index contributed by atoms with van der Waals surface area (Å²) in [4.78, 5) is 14.2. The fourth-order valence-electron chi connectivity index (χ4n) is 0.768. The molecule has 0 bridgehead atoms. The Labute approximate surface area is 64.7 Å². The average molecular weight is 150 g/mol. The summed E-state index contributed by atoms with van der Waals surface area (Å²) < 4.78 is 0. The van der Waals surface area contributed by atoms with Gasteiger partial charge in [-0.1, -0.05) is 13.0 Å². The van der Waals surface area contributed by atoms with E-state index < -0.39 is 11.9 Å². The van der Waals surface area contributed by atoms with Crippen LogP contribution in [0.5, 0.6) is 0 Å². The molecule has 1 aromatic rings. The fraction of sp³-hybridized carbons (Fsp3) is 0.250. The Morgan fingerprint density at radius 3 is 2.91 bits per heavy atom. The van der Waals surface area contributed by atoms with Gasteiger partial charge in [-0.15, -0.1) is 0 Å². The standard InChI is InChI=1S/C8H9NO2/c1-6(8(10)11)7-3-2-4-9-5-7/h2-6H,1H3,(H,10,11)/p-1. The molecule has 0 amide bonds. The molecule has 3 heteroatoms. The maximum absolute atomic E-state index is 10.4. The van der Waals surface area contributed by atoms with E-state index in [0.717, 1.165) is 0 Å². The van der Waals surface area contributed by atoms with Crippen LogP contribution in [0.25, 0.3) is 0 Å². The predicted molar refractivity (Wildman–Crippen MR) is 37.7 cm³/mol. The van der Waals surface area contributed by atoms with Crippen LogP contribution < -0.4 is 5.11 Å². The van der Waals surface area contributed by atoms with E-state index in [1.165, 1.54) is 6.20 Å². The molecule has 0 radical (unpaired) electrons. The second kappa shape index (κ2) is 3.14. The number of aliphatic carboxylic acids is 1. The van der Waals surface area contributed by atoms with Crippen molar-refractivity contribution in [1.29, 1.82) is 0 Å². The molecule has 1 atom stereocenters. The Balaban J connectivity index is 2.85. The molecule has 0 aliphatic heterocycles. The zero-order chi connectivity index (χ0) is 8.27. The Hall–Kier alpha value is -1.38. The van der Waals surface area contributed by atoms with Crippen LogP contribution in [0.15, 0.2) is 24.5 Å². The molecule has 0 aliphatic carbocycles. The number of nitrogens with zero attached hydrogens (tertiary/aromatic N) is 1. The van der Waals surface area contributed by atoms with Gasteiger partial charge < -0.3 is 9.90 Å². The summed E-state index contributed by atoms with van der Waals surface area (Å²) in [6.07, 6.45) is 3.13. The van der Waals surface area contributed by atoms with Gasteiger partial charge in [0.1, 0.15) is 0 Å². The molecule has 1 heterocycles. The van der Waals surface area contributed by atoms with Gasteiger partial charge in [0.25, 0.3) is 0 Å². The highest BCUT2D eigenvalue weighted by Crippen LogP contribution is 2.11. The lowest BCUT2D eigenvalue weighted by atomic mass is 10.0. The van der Waals surface area contributed by atoms with Crippen molar-refractivity contribution < 1.29 is 9.90 Å². The van der Waals surface area contributed by atoms with Crippen LogP contribution in [0, 0.1) is 0 Å². The van der Waals surface area contributed by atoms with Crippen LogP contribution in [-0.2, 0) is 4.79 Å². The molecular formula is C8H8NO2-. The van der Waals surface area contributed by atoms with Crippen molar-refractivity contribution in [2.45, 2.75) is 12.8 Å². The van der Waals surface area contributed by atoms with E-state index in [4.69, 9.17) is 0 Å². The van der Waals surface area contributed by atoms with Crippen LogP contribution in [0.2, 0.25) is 0 Å². The van der Waals surface area contributed by atoms with Gasteiger partial charge in [-0.25, -0.2) is 0 Å². The first kappa shape index (κ1) is 7.72. The normalized spacial score (nSPS) is 12.5. The number of carbonyl (C=O) groups is 1. The van der Waals surface area contributed by atoms with Gasteiger partial charge >= 0.3 is 0 Å². The molecule has 11 heavy (non-hydrogen) atoms. The number of carboxylic acid groups (broad SMARTS) is 1. The van der Waals surface area contributed by atoms with Crippen LogP contribution in [0.1, 0.15) is 18.4 Å². The van der Waals surface area contributed by atoms with Crippen molar-refractivity contribution in [3.8, 4) is 0 Å². The number of hydrogen-bond donors (Lipinski definition) is 0. The maximum atomic E-state index is 10.4. The van der Waals surface area contributed by atoms with Crippen molar-refractivity contribution >= 4 is 5.97 Å². The SMILES string of the molecule is CC(C(=O)[O-])c1cccnc1. The van der Waals surface area contributed by atoms with Crippen LogP contribution in [0.3, 0.4) is 0 Å². The van der Waals surface area contributed by atoms with Crippen LogP contribution in [0.4, 0.5) is 0 Å². The average Bonchev–Trinajstić information content (AvgIpc) is 2.05. The van der Waals surface area contributed by atoms with Gasteiger partial charge in [0.15, 0.2) is 0 Å². The van der Waals surface area contributed by atoms with E-state index in [1.54, 1.807) is 25.3 Å². The quantitative estimate of drug-likeness (QED) is 0.593. The van der Waals surface area contributed by atoms with Crippen LogP contribution in [-0.4, -0.2) is 11.0 Å². The minimum Gasteiger partial charge on any atom is -0.550 e. The van der Waals surface area contributed by atoms with E-state index in [-0.39, 0.29) is 0 Å². The number of hydrogen-bond acceptors (Lipinski definition) is 3. The lowest BCUT2D eigenvalue weighted by Gasteiger charge is -2.11. The third kappa shape index (κ3) is 1.77. The van der Waals surface area contributed by atoms with Crippen molar-refractivity contribution in [2.75, 3.05) is 0 Å². The number of pyridine rings is 1. The molecule has 1 aromatic heterocycles. The molecular weight excluding hydrogens is 142 g/mol. The van der Waals surface area contributed by atoms with E-state index in [1.807, 2.05) is 0 Å². The molecule has 3 nitrogen and oxygen atoms in total. The lowest BCUT2D eigenvalue weighted by Crippen LogP contribution is -2.27. The molecule has 0 N–H and O–H groups in total. The van der Waals surface area contributed by atoms with Crippen molar-refractivity contribution in [2.24, 2.45) is 0 Å². The second-order valence-corrected chi connectivity index (χ2v) is 2.33. The molecule has 0 spiro atoms. The van der Waals surface area contributed by atoms with Gasteiger partial charge in [0, 0.05) is 24.3 Å². The zero-order valence-electron chi connectivity index (χ0n) is 6.15. The summed E-state index contributed by atoms with van der Waals surface area (Å²) in [7, 11) is 0. The summed E-state index contributed by atoms with van der Waals surface area (Å²) in [6.45, 7) is 1.58. The summed E-state index contributed by atoms with van der Waals surface area (Å²) in [5.74, 6) is -1.65. The first-order chi connectivity index (χ1) is 5.22. The molecule has 0 aliphatic rings. The Bertz CT molecular complexity index is 246. The van der Waals surface area contributed by atoms with Gasteiger partial charge in [-0.2, -0.15) is 0 Å². The molecule has 0 saturated carbocycles. The highest BCUT2D eigenvalue weighted by atomic mass is 16.4. The first-order valence-electron chi connectivity index (χ1n) is 3.32. The monoisotopic (exact) mass is 150 g/mol. The first-order valence-corrected chi connectivity index (χ1v) is 3.32. The fourth-order valence-corrected chi connectivity index (χ4v) is 0.768. The molecule has 1 rings (SSSR count). The molecule has 58 valence electrons. The molecule has 1 unspecified atom stereocenters. The van der Waals surface area contributed by atoms with Gasteiger partial charge in [0.2, 0.25) is 0 Å². The smallest absolute Gasteiger partial charge is 0.0487 e. The van der Waals surface area contributed by atoms with E-state index in [2.05, 4.69) is 4.98 Å². The summed E-state index contributed by atoms with van der Waals surface area (Å²) >= 11 is 0. The van der Waals surface area contributed by atoms with Gasteiger partial charge in [-0.05, 0) is 11.6 Å². The van der Waals surface area contributed by atoms with Gasteiger partial charge in [-0.3, -0.25) is 4.98 Å². The van der Waals surface area contributed by atoms with Crippen molar-refractivity contribution in [3.63, 3.8) is 0 Å². The number of carbonyl (C=O) groups excluding carboxylic acids is 1. The summed E-state index contributed by atoms with van der Waals surface area (Å²) in [5, 5.41) is 10.4. The predicted octanol–water partition coefficient (Wildman–Crippen LogP) is -0.0650. The zero-order valence-corrected chi connectivity index (χ0v) is 6.15. The van der Waals surface area contributed by atoms with E-state index >= 15 is 0 Å². The maximum Gasteiger partial charge on any atom is 0.0487 e. The Kier molecular flexibility index (Phi) is 2.21. The third-order valence-corrected chi connectivity index (χ3v) is 1.54. The second-order valence-electron chi connectivity index (χ2n) is 2.33. The number of aromatic nitrogens is 1. The molecule has 0 saturated heterocycles. The minimum atomic E-state index is -1.07.